The van der Waals surface area contributed by atoms with Crippen LogP contribution in [0.5, 0.6) is 17.2 Å². The van der Waals surface area contributed by atoms with Crippen LogP contribution in [0.2, 0.25) is 0 Å². The van der Waals surface area contributed by atoms with Gasteiger partial charge in [-0.1, -0.05) is 0 Å². The van der Waals surface area contributed by atoms with Gasteiger partial charge in [-0.25, -0.2) is 4.99 Å². The number of carbonyl (C=O) groups excluding carboxylic acids is 1. The number of hydrogen-bond acceptors (Lipinski definition) is 6. The molecular weight excluding hydrogens is 512 g/mol. The number of aliphatic imine (C=N–C) groups is 1. The van der Waals surface area contributed by atoms with E-state index in [-0.39, 0.29) is 11.7 Å². The smallest absolute Gasteiger partial charge is 0.264 e. The van der Waals surface area contributed by atoms with E-state index in [4.69, 9.17) is 9.47 Å². The Kier molecular flexibility index (Phi) is 6.69. The maximum atomic E-state index is 12.3. The minimum absolute atomic E-state index is 0.00107. The SMILES string of the molecule is CCOc1cc(/C=C2/SC(=Nc3ccc(OC)cc3)NC2=O)c(Br)c(Br)c1O. The minimum atomic E-state index is -0.244. The lowest BCUT2D eigenvalue weighted by Gasteiger charge is -2.11. The van der Waals surface area contributed by atoms with Gasteiger partial charge in [-0.3, -0.25) is 4.79 Å². The van der Waals surface area contributed by atoms with Crippen LogP contribution in [0.15, 0.2) is 49.2 Å². The summed E-state index contributed by atoms with van der Waals surface area (Å²) in [5, 5.41) is 13.4. The molecule has 3 rings (SSSR count). The van der Waals surface area contributed by atoms with E-state index in [1.807, 2.05) is 19.1 Å². The van der Waals surface area contributed by atoms with Gasteiger partial charge in [0.2, 0.25) is 0 Å². The Morgan fingerprint density at radius 3 is 2.61 bits per heavy atom. The second-order valence-electron chi connectivity index (χ2n) is 5.55. The van der Waals surface area contributed by atoms with E-state index in [9.17, 15) is 9.90 Å². The van der Waals surface area contributed by atoms with Gasteiger partial charge in [0, 0.05) is 4.47 Å². The maximum Gasteiger partial charge on any atom is 0.264 e. The summed E-state index contributed by atoms with van der Waals surface area (Å²) in [5.74, 6) is 0.827. The van der Waals surface area contributed by atoms with Crippen molar-refractivity contribution in [2.45, 2.75) is 6.92 Å². The van der Waals surface area contributed by atoms with Crippen LogP contribution in [-0.2, 0) is 4.79 Å². The number of rotatable bonds is 5. The molecule has 2 aromatic carbocycles. The van der Waals surface area contributed by atoms with Crippen molar-refractivity contribution in [2.75, 3.05) is 13.7 Å². The lowest BCUT2D eigenvalue weighted by molar-refractivity contribution is -0.115. The number of aromatic hydroxyl groups is 1. The number of carbonyl (C=O) groups is 1. The van der Waals surface area contributed by atoms with E-state index < -0.39 is 0 Å². The second-order valence-corrected chi connectivity index (χ2v) is 8.17. The normalized spacial score (nSPS) is 16.5. The predicted molar refractivity (Wildman–Crippen MR) is 118 cm³/mol. The largest absolute Gasteiger partial charge is 0.503 e. The lowest BCUT2D eigenvalue weighted by atomic mass is 10.2. The fourth-order valence-electron chi connectivity index (χ4n) is 2.38. The van der Waals surface area contributed by atoms with Crippen molar-refractivity contribution in [3.8, 4) is 17.2 Å². The number of halogens is 2. The lowest BCUT2D eigenvalue weighted by Crippen LogP contribution is -2.19. The summed E-state index contributed by atoms with van der Waals surface area (Å²) < 4.78 is 11.7. The summed E-state index contributed by atoms with van der Waals surface area (Å²) in [5.41, 5.74) is 1.40. The number of thioether (sulfide) groups is 1. The third-order valence-electron chi connectivity index (χ3n) is 3.71. The molecule has 2 N–H and O–H groups in total. The van der Waals surface area contributed by atoms with Gasteiger partial charge in [0.05, 0.1) is 28.8 Å². The van der Waals surface area contributed by atoms with Crippen LogP contribution in [0, 0.1) is 0 Å². The average molecular weight is 528 g/mol. The zero-order valence-corrected chi connectivity index (χ0v) is 18.9. The number of phenols is 1. The first-order valence-electron chi connectivity index (χ1n) is 8.20. The molecule has 0 radical (unpaired) electrons. The topological polar surface area (TPSA) is 80.2 Å². The van der Waals surface area contributed by atoms with Crippen LogP contribution in [0.3, 0.4) is 0 Å². The second kappa shape index (κ2) is 9.02. The molecule has 0 saturated carbocycles. The van der Waals surface area contributed by atoms with Gasteiger partial charge in [0.1, 0.15) is 5.75 Å². The highest BCUT2D eigenvalue weighted by Gasteiger charge is 2.25. The Bertz CT molecular complexity index is 975. The Balaban J connectivity index is 1.89. The molecule has 6 nitrogen and oxygen atoms in total. The zero-order valence-electron chi connectivity index (χ0n) is 15.0. The van der Waals surface area contributed by atoms with Gasteiger partial charge < -0.3 is 19.9 Å². The molecule has 146 valence electrons. The quantitative estimate of drug-likeness (QED) is 0.521. The summed E-state index contributed by atoms with van der Waals surface area (Å²) in [6.07, 6.45) is 1.72. The Morgan fingerprint density at radius 1 is 1.25 bits per heavy atom. The molecule has 1 saturated heterocycles. The van der Waals surface area contributed by atoms with E-state index >= 15 is 0 Å². The number of methoxy groups -OCH3 is 1. The monoisotopic (exact) mass is 526 g/mol. The number of nitrogens with zero attached hydrogens (tertiary/aromatic N) is 1. The van der Waals surface area contributed by atoms with Crippen molar-refractivity contribution < 1.29 is 19.4 Å². The molecule has 0 spiro atoms. The first kappa shape index (κ1) is 20.8. The highest BCUT2D eigenvalue weighted by atomic mass is 79.9. The third kappa shape index (κ3) is 4.53. The van der Waals surface area contributed by atoms with E-state index in [2.05, 4.69) is 42.2 Å². The summed E-state index contributed by atoms with van der Waals surface area (Å²) in [7, 11) is 1.60. The highest BCUT2D eigenvalue weighted by molar-refractivity contribution is 9.13. The minimum Gasteiger partial charge on any atom is -0.503 e. The van der Waals surface area contributed by atoms with Crippen molar-refractivity contribution in [3.05, 3.63) is 49.7 Å². The maximum absolute atomic E-state index is 12.3. The number of nitrogens with one attached hydrogen (secondary N) is 1. The van der Waals surface area contributed by atoms with Crippen molar-refractivity contribution >= 4 is 66.5 Å². The first-order chi connectivity index (χ1) is 13.4. The molecule has 0 atom stereocenters. The summed E-state index contributed by atoms with van der Waals surface area (Å²) in [6, 6.07) is 8.90. The number of ether oxygens (including phenoxy) is 2. The Morgan fingerprint density at radius 2 is 1.96 bits per heavy atom. The van der Waals surface area contributed by atoms with Crippen LogP contribution in [-0.4, -0.2) is 29.9 Å². The molecule has 1 aliphatic heterocycles. The van der Waals surface area contributed by atoms with Crippen LogP contribution >= 0.6 is 43.6 Å². The van der Waals surface area contributed by atoms with Crippen molar-refractivity contribution in [2.24, 2.45) is 4.99 Å². The fraction of sp³-hybridized carbons (Fsp3) is 0.158. The number of phenolic OH excluding ortho intramolecular Hbond substituents is 1. The van der Waals surface area contributed by atoms with Crippen LogP contribution in [0.25, 0.3) is 6.08 Å². The molecule has 0 aliphatic carbocycles. The summed E-state index contributed by atoms with van der Waals surface area (Å²) >= 11 is 8.01. The van der Waals surface area contributed by atoms with Gasteiger partial charge in [0.25, 0.3) is 5.91 Å². The fourth-order valence-corrected chi connectivity index (χ4v) is 4.05. The number of hydrogen-bond donors (Lipinski definition) is 2. The molecular formula is C19H16Br2N2O4S. The Labute approximate surface area is 183 Å². The molecule has 9 heteroatoms. The third-order valence-corrected chi connectivity index (χ3v) is 6.78. The van der Waals surface area contributed by atoms with Crippen molar-refractivity contribution in [1.29, 1.82) is 0 Å². The molecule has 1 fully saturated rings. The van der Waals surface area contributed by atoms with E-state index in [0.717, 1.165) is 5.75 Å². The zero-order chi connectivity index (χ0) is 20.3. The standard InChI is InChI=1S/C19H16Br2N2O4S/c1-3-27-13-8-10(15(20)16(21)17(13)24)9-14-18(25)23-19(28-14)22-11-4-6-12(26-2)7-5-11/h4-9,24H,3H2,1-2H3,(H,22,23,25)/b14-9+. The molecule has 0 bridgehead atoms. The van der Waals surface area contributed by atoms with Gasteiger partial charge in [0.15, 0.2) is 16.7 Å². The van der Waals surface area contributed by atoms with Crippen LogP contribution < -0.4 is 14.8 Å². The summed E-state index contributed by atoms with van der Waals surface area (Å²) in [6.45, 7) is 2.24. The van der Waals surface area contributed by atoms with Gasteiger partial charge >= 0.3 is 0 Å². The molecule has 0 aromatic heterocycles. The van der Waals surface area contributed by atoms with Crippen molar-refractivity contribution in [3.63, 3.8) is 0 Å². The van der Waals surface area contributed by atoms with E-state index in [1.165, 1.54) is 11.8 Å². The van der Waals surface area contributed by atoms with Gasteiger partial charge in [-0.2, -0.15) is 0 Å². The van der Waals surface area contributed by atoms with Crippen LogP contribution in [0.1, 0.15) is 12.5 Å². The van der Waals surface area contributed by atoms with Gasteiger partial charge in [-0.15, -0.1) is 0 Å². The van der Waals surface area contributed by atoms with Crippen LogP contribution in [0.4, 0.5) is 5.69 Å². The highest BCUT2D eigenvalue weighted by Crippen LogP contribution is 2.43. The number of amidine groups is 1. The number of amides is 1. The molecule has 1 heterocycles. The van der Waals surface area contributed by atoms with Crippen molar-refractivity contribution in [1.82, 2.24) is 5.32 Å². The molecule has 0 unspecified atom stereocenters. The first-order valence-corrected chi connectivity index (χ1v) is 10.6. The molecule has 2 aromatic rings. The average Bonchev–Trinajstić information content (AvgIpc) is 3.03. The van der Waals surface area contributed by atoms with Gasteiger partial charge in [-0.05, 0) is 92.5 Å². The van der Waals surface area contributed by atoms with E-state index in [1.54, 1.807) is 31.4 Å². The predicted octanol–water partition coefficient (Wildman–Crippen LogP) is 5.22. The molecule has 1 aliphatic rings. The molecule has 28 heavy (non-hydrogen) atoms. The Hall–Kier alpha value is -1.97. The summed E-state index contributed by atoms with van der Waals surface area (Å²) in [4.78, 5) is 17.3. The molecule has 1 amide bonds. The number of benzene rings is 2. The van der Waals surface area contributed by atoms with E-state index in [0.29, 0.717) is 42.6 Å².